The highest BCUT2D eigenvalue weighted by molar-refractivity contribution is 9.10. The molecule has 0 aliphatic rings. The van der Waals surface area contributed by atoms with E-state index in [2.05, 4.69) is 20.9 Å². The van der Waals surface area contributed by atoms with Crippen molar-refractivity contribution in [3.05, 3.63) is 43.8 Å². The van der Waals surface area contributed by atoms with E-state index >= 15 is 0 Å². The maximum Gasteiger partial charge on any atom is 0.365 e. The van der Waals surface area contributed by atoms with Crippen LogP contribution < -0.4 is 4.74 Å². The second-order valence-corrected chi connectivity index (χ2v) is 5.49. The van der Waals surface area contributed by atoms with Gasteiger partial charge in [0.05, 0.1) is 10.7 Å². The van der Waals surface area contributed by atoms with E-state index in [1.165, 1.54) is 0 Å². The number of aromatic carboxylic acids is 1. The van der Waals surface area contributed by atoms with Crippen LogP contribution in [0.1, 0.15) is 15.5 Å². The third-order valence-electron chi connectivity index (χ3n) is 2.00. The van der Waals surface area contributed by atoms with E-state index in [1.54, 1.807) is 17.5 Å². The Balaban J connectivity index is 2.04. The van der Waals surface area contributed by atoms with Gasteiger partial charge < -0.3 is 9.84 Å². The largest absolute Gasteiger partial charge is 0.486 e. The fourth-order valence-corrected chi connectivity index (χ4v) is 2.58. The summed E-state index contributed by atoms with van der Waals surface area (Å²) in [6, 6.07) is 5.27. The monoisotopic (exact) mass is 347 g/mol. The van der Waals surface area contributed by atoms with Crippen LogP contribution in [0.15, 0.2) is 28.1 Å². The van der Waals surface area contributed by atoms with Gasteiger partial charge in [0.25, 0.3) is 0 Å². The zero-order chi connectivity index (χ0) is 13.1. The molecule has 1 aromatic heterocycles. The lowest BCUT2D eigenvalue weighted by molar-refractivity contribution is 0.0696. The number of thiazole rings is 1. The maximum atomic E-state index is 10.7. The van der Waals surface area contributed by atoms with Crippen molar-refractivity contribution in [3.8, 4) is 5.75 Å². The van der Waals surface area contributed by atoms with Crippen molar-refractivity contribution < 1.29 is 14.6 Å². The second-order valence-electron chi connectivity index (χ2n) is 3.31. The Kier molecular flexibility index (Phi) is 4.21. The second kappa shape index (κ2) is 5.69. The van der Waals surface area contributed by atoms with Crippen LogP contribution >= 0.6 is 38.9 Å². The van der Waals surface area contributed by atoms with Crippen LogP contribution in [0.2, 0.25) is 5.02 Å². The number of carboxylic acid groups (broad SMARTS) is 1. The zero-order valence-corrected chi connectivity index (χ0v) is 12.1. The minimum Gasteiger partial charge on any atom is -0.486 e. The number of benzene rings is 1. The van der Waals surface area contributed by atoms with E-state index in [0.717, 1.165) is 15.8 Å². The number of hydrogen-bond acceptors (Lipinski definition) is 4. The molecule has 0 bridgehead atoms. The number of rotatable bonds is 4. The molecule has 0 atom stereocenters. The third kappa shape index (κ3) is 3.22. The predicted molar refractivity (Wildman–Crippen MR) is 72.6 cm³/mol. The van der Waals surface area contributed by atoms with Crippen molar-refractivity contribution in [3.63, 3.8) is 0 Å². The van der Waals surface area contributed by atoms with Crippen molar-refractivity contribution in [2.24, 2.45) is 0 Å². The van der Waals surface area contributed by atoms with Gasteiger partial charge in [0.1, 0.15) is 12.4 Å². The lowest BCUT2D eigenvalue weighted by Crippen LogP contribution is -1.99. The van der Waals surface area contributed by atoms with Crippen molar-refractivity contribution in [1.29, 1.82) is 0 Å². The number of nitrogens with zero attached hydrogens (tertiary/aromatic N) is 1. The predicted octanol–water partition coefficient (Wildman–Crippen LogP) is 3.84. The van der Waals surface area contributed by atoms with Crippen LogP contribution in [-0.2, 0) is 6.61 Å². The Morgan fingerprint density at radius 1 is 1.56 bits per heavy atom. The quantitative estimate of drug-likeness (QED) is 0.912. The number of aromatic nitrogens is 1. The van der Waals surface area contributed by atoms with Crippen LogP contribution in [0.25, 0.3) is 0 Å². The van der Waals surface area contributed by atoms with Crippen LogP contribution in [0.5, 0.6) is 5.75 Å². The summed E-state index contributed by atoms with van der Waals surface area (Å²) in [4.78, 5) is 14.6. The van der Waals surface area contributed by atoms with Gasteiger partial charge in [0.2, 0.25) is 5.01 Å². The Bertz CT molecular complexity index is 587. The summed E-state index contributed by atoms with van der Waals surface area (Å²) < 4.78 is 6.33. The fraction of sp³-hybridized carbons (Fsp3) is 0.0909. The SMILES string of the molecule is O=C(O)c1nc(COc2ccc(Br)cc2Cl)cs1. The summed E-state index contributed by atoms with van der Waals surface area (Å²) in [6.45, 7) is 0.186. The molecule has 0 unspecified atom stereocenters. The number of ether oxygens (including phenoxy) is 1. The molecule has 18 heavy (non-hydrogen) atoms. The molecule has 7 heteroatoms. The van der Waals surface area contributed by atoms with Gasteiger partial charge in [0, 0.05) is 9.85 Å². The van der Waals surface area contributed by atoms with Gasteiger partial charge in [-0.2, -0.15) is 0 Å². The van der Waals surface area contributed by atoms with Gasteiger partial charge in [-0.3, -0.25) is 0 Å². The molecule has 0 amide bonds. The Labute approximate surface area is 120 Å². The number of hydrogen-bond donors (Lipinski definition) is 1. The van der Waals surface area contributed by atoms with Crippen molar-refractivity contribution >= 4 is 44.8 Å². The van der Waals surface area contributed by atoms with Gasteiger partial charge in [0.15, 0.2) is 0 Å². The average molecular weight is 349 g/mol. The minimum absolute atomic E-state index is 0.0514. The summed E-state index contributed by atoms with van der Waals surface area (Å²) in [7, 11) is 0. The van der Waals surface area contributed by atoms with E-state index in [9.17, 15) is 4.79 Å². The molecule has 0 saturated carbocycles. The van der Waals surface area contributed by atoms with E-state index in [-0.39, 0.29) is 11.6 Å². The molecule has 0 radical (unpaired) electrons. The molecule has 1 N–H and O–H groups in total. The van der Waals surface area contributed by atoms with Gasteiger partial charge in [-0.1, -0.05) is 27.5 Å². The molecule has 0 aliphatic heterocycles. The minimum atomic E-state index is -1.03. The molecule has 94 valence electrons. The highest BCUT2D eigenvalue weighted by Crippen LogP contribution is 2.28. The van der Waals surface area contributed by atoms with Crippen LogP contribution in [0, 0.1) is 0 Å². The fourth-order valence-electron chi connectivity index (χ4n) is 1.22. The average Bonchev–Trinajstić information content (AvgIpc) is 2.76. The highest BCUT2D eigenvalue weighted by Gasteiger charge is 2.10. The van der Waals surface area contributed by atoms with E-state index in [1.807, 2.05) is 6.07 Å². The van der Waals surface area contributed by atoms with Gasteiger partial charge in [-0.25, -0.2) is 9.78 Å². The normalized spacial score (nSPS) is 10.3. The first kappa shape index (κ1) is 13.3. The van der Waals surface area contributed by atoms with Gasteiger partial charge >= 0.3 is 5.97 Å². The standard InChI is InChI=1S/C11H7BrClNO3S/c12-6-1-2-9(8(13)3-6)17-4-7-5-18-10(14-7)11(15)16/h1-3,5H,4H2,(H,15,16). The first-order valence-corrected chi connectivity index (χ1v) is 6.87. The molecule has 0 saturated heterocycles. The Hall–Kier alpha value is -1.11. The summed E-state index contributed by atoms with van der Waals surface area (Å²) in [5.41, 5.74) is 0.566. The summed E-state index contributed by atoms with van der Waals surface area (Å²) in [6.07, 6.45) is 0. The topological polar surface area (TPSA) is 59.4 Å². The molecule has 0 spiro atoms. The summed E-state index contributed by atoms with van der Waals surface area (Å²) in [5.74, 6) is -0.502. The highest BCUT2D eigenvalue weighted by atomic mass is 79.9. The van der Waals surface area contributed by atoms with Gasteiger partial charge in [-0.05, 0) is 18.2 Å². The first-order chi connectivity index (χ1) is 8.56. The molecular formula is C11H7BrClNO3S. The van der Waals surface area contributed by atoms with Crippen LogP contribution in [0.4, 0.5) is 0 Å². The number of carboxylic acids is 1. The molecular weight excluding hydrogens is 342 g/mol. The smallest absolute Gasteiger partial charge is 0.365 e. The molecule has 2 aromatic rings. The van der Waals surface area contributed by atoms with E-state index in [4.69, 9.17) is 21.4 Å². The molecule has 1 aromatic carbocycles. The van der Waals surface area contributed by atoms with E-state index in [0.29, 0.717) is 16.5 Å². The first-order valence-electron chi connectivity index (χ1n) is 4.82. The van der Waals surface area contributed by atoms with Crippen LogP contribution in [0.3, 0.4) is 0 Å². The van der Waals surface area contributed by atoms with Crippen LogP contribution in [-0.4, -0.2) is 16.1 Å². The molecule has 1 heterocycles. The maximum absolute atomic E-state index is 10.7. The molecule has 0 fully saturated rings. The van der Waals surface area contributed by atoms with Crippen molar-refractivity contribution in [2.45, 2.75) is 6.61 Å². The van der Waals surface area contributed by atoms with E-state index < -0.39 is 5.97 Å². The zero-order valence-electron chi connectivity index (χ0n) is 8.89. The third-order valence-corrected chi connectivity index (χ3v) is 3.67. The van der Waals surface area contributed by atoms with Crippen molar-refractivity contribution in [1.82, 2.24) is 4.98 Å². The Morgan fingerprint density at radius 2 is 2.33 bits per heavy atom. The number of carbonyl (C=O) groups is 1. The lowest BCUT2D eigenvalue weighted by Gasteiger charge is -2.06. The lowest BCUT2D eigenvalue weighted by atomic mass is 10.3. The van der Waals surface area contributed by atoms with Gasteiger partial charge in [-0.15, -0.1) is 11.3 Å². The number of halogens is 2. The molecule has 4 nitrogen and oxygen atoms in total. The molecule has 0 aliphatic carbocycles. The molecule has 2 rings (SSSR count). The summed E-state index contributed by atoms with van der Waals surface area (Å²) >= 11 is 10.3. The van der Waals surface area contributed by atoms with Crippen molar-refractivity contribution in [2.75, 3.05) is 0 Å². The Morgan fingerprint density at radius 3 is 2.94 bits per heavy atom. The summed E-state index contributed by atoms with van der Waals surface area (Å²) in [5, 5.41) is 10.9.